The molecule has 2 rings (SSSR count). The molecule has 2 atom stereocenters. The van der Waals surface area contributed by atoms with Crippen molar-refractivity contribution in [3.63, 3.8) is 0 Å². The van der Waals surface area contributed by atoms with E-state index in [1.807, 2.05) is 6.92 Å². The first-order chi connectivity index (χ1) is 8.56. The number of ether oxygens (including phenoxy) is 1. The Morgan fingerprint density at radius 3 is 3.06 bits per heavy atom. The van der Waals surface area contributed by atoms with Crippen LogP contribution in [0.1, 0.15) is 13.3 Å². The van der Waals surface area contributed by atoms with Gasteiger partial charge in [0.1, 0.15) is 11.0 Å². The quantitative estimate of drug-likeness (QED) is 0.517. The molecule has 0 aromatic carbocycles. The van der Waals surface area contributed by atoms with Crippen LogP contribution in [0.5, 0.6) is 0 Å². The SMILES string of the molecule is CC1OCCC1CNc1cc([N+](=O)[O-])cc(Cl)n1. The molecule has 0 spiro atoms. The second-order valence-corrected chi connectivity index (χ2v) is 4.68. The van der Waals surface area contributed by atoms with E-state index in [0.29, 0.717) is 18.3 Å². The zero-order chi connectivity index (χ0) is 13.1. The summed E-state index contributed by atoms with van der Waals surface area (Å²) in [4.78, 5) is 14.2. The van der Waals surface area contributed by atoms with Crippen molar-refractivity contribution in [2.75, 3.05) is 18.5 Å². The standard InChI is InChI=1S/C11H14ClN3O3/c1-7-8(2-3-18-7)6-13-11-5-9(15(16)17)4-10(12)14-11/h4-5,7-8H,2-3,6H2,1H3,(H,13,14). The number of nitrogens with one attached hydrogen (secondary N) is 1. The van der Waals surface area contributed by atoms with Crippen LogP contribution in [0.25, 0.3) is 0 Å². The molecule has 1 aliphatic rings. The van der Waals surface area contributed by atoms with E-state index < -0.39 is 4.92 Å². The summed E-state index contributed by atoms with van der Waals surface area (Å²) in [5.74, 6) is 0.818. The third-order valence-electron chi connectivity index (χ3n) is 3.07. The molecule has 1 aromatic rings. The molecule has 1 aromatic heterocycles. The van der Waals surface area contributed by atoms with Gasteiger partial charge in [-0.2, -0.15) is 0 Å². The summed E-state index contributed by atoms with van der Waals surface area (Å²) < 4.78 is 5.44. The minimum absolute atomic E-state index is 0.0618. The number of hydrogen-bond acceptors (Lipinski definition) is 5. The zero-order valence-electron chi connectivity index (χ0n) is 9.93. The summed E-state index contributed by atoms with van der Waals surface area (Å²) >= 11 is 5.74. The van der Waals surface area contributed by atoms with E-state index in [-0.39, 0.29) is 16.9 Å². The second kappa shape index (κ2) is 5.49. The molecule has 98 valence electrons. The van der Waals surface area contributed by atoms with Gasteiger partial charge in [0.15, 0.2) is 0 Å². The largest absolute Gasteiger partial charge is 0.378 e. The lowest BCUT2D eigenvalue weighted by molar-refractivity contribution is -0.384. The number of halogens is 1. The van der Waals surface area contributed by atoms with Crippen molar-refractivity contribution in [1.29, 1.82) is 0 Å². The summed E-state index contributed by atoms with van der Waals surface area (Å²) in [7, 11) is 0. The Morgan fingerprint density at radius 1 is 1.67 bits per heavy atom. The molecule has 1 saturated heterocycles. The highest BCUT2D eigenvalue weighted by Crippen LogP contribution is 2.23. The molecule has 0 aliphatic carbocycles. The summed E-state index contributed by atoms with van der Waals surface area (Å²) in [6.07, 6.45) is 1.18. The molecule has 1 aliphatic heterocycles. The molecule has 1 N–H and O–H groups in total. The molecule has 0 bridgehead atoms. The molecule has 18 heavy (non-hydrogen) atoms. The highest BCUT2D eigenvalue weighted by Gasteiger charge is 2.24. The molecular weight excluding hydrogens is 258 g/mol. The predicted molar refractivity (Wildman–Crippen MR) is 67.9 cm³/mol. The minimum atomic E-state index is -0.486. The van der Waals surface area contributed by atoms with E-state index in [9.17, 15) is 10.1 Å². The van der Waals surface area contributed by atoms with E-state index in [0.717, 1.165) is 13.0 Å². The summed E-state index contributed by atoms with van der Waals surface area (Å²) in [5.41, 5.74) is -0.0618. The highest BCUT2D eigenvalue weighted by molar-refractivity contribution is 6.29. The summed E-state index contributed by atoms with van der Waals surface area (Å²) in [6, 6.07) is 2.61. The van der Waals surface area contributed by atoms with Gasteiger partial charge in [0, 0.05) is 19.1 Å². The highest BCUT2D eigenvalue weighted by atomic mass is 35.5. The first-order valence-electron chi connectivity index (χ1n) is 5.73. The van der Waals surface area contributed by atoms with Gasteiger partial charge in [-0.25, -0.2) is 4.98 Å². The zero-order valence-corrected chi connectivity index (χ0v) is 10.7. The van der Waals surface area contributed by atoms with Crippen LogP contribution in [-0.2, 0) is 4.74 Å². The maximum Gasteiger partial charge on any atom is 0.276 e. The first-order valence-corrected chi connectivity index (χ1v) is 6.11. The Hall–Kier alpha value is -1.40. The lowest BCUT2D eigenvalue weighted by atomic mass is 10.0. The Labute approximate surface area is 109 Å². The van der Waals surface area contributed by atoms with E-state index in [2.05, 4.69) is 10.3 Å². The van der Waals surface area contributed by atoms with Crippen LogP contribution in [0.15, 0.2) is 12.1 Å². The predicted octanol–water partition coefficient (Wildman–Crippen LogP) is 2.48. The number of nitro groups is 1. The number of rotatable bonds is 4. The smallest absolute Gasteiger partial charge is 0.276 e. The van der Waals surface area contributed by atoms with Gasteiger partial charge in [-0.05, 0) is 13.3 Å². The first kappa shape index (κ1) is 13.0. The average Bonchev–Trinajstić information content (AvgIpc) is 2.71. The third-order valence-corrected chi connectivity index (χ3v) is 3.26. The molecule has 2 heterocycles. The molecule has 7 heteroatoms. The van der Waals surface area contributed by atoms with Crippen LogP contribution >= 0.6 is 11.6 Å². The maximum absolute atomic E-state index is 10.7. The fraction of sp³-hybridized carbons (Fsp3) is 0.545. The number of anilines is 1. The molecule has 6 nitrogen and oxygen atoms in total. The van der Waals surface area contributed by atoms with Crippen LogP contribution in [0.3, 0.4) is 0 Å². The van der Waals surface area contributed by atoms with E-state index in [4.69, 9.17) is 16.3 Å². The van der Waals surface area contributed by atoms with Crippen molar-refractivity contribution < 1.29 is 9.66 Å². The maximum atomic E-state index is 10.7. The minimum Gasteiger partial charge on any atom is -0.378 e. The van der Waals surface area contributed by atoms with Gasteiger partial charge in [-0.3, -0.25) is 10.1 Å². The van der Waals surface area contributed by atoms with Crippen LogP contribution in [0.2, 0.25) is 5.15 Å². The lowest BCUT2D eigenvalue weighted by Gasteiger charge is -2.15. The Bertz CT molecular complexity index is 455. The normalized spacial score (nSPS) is 23.0. The number of nitrogens with zero attached hydrogens (tertiary/aromatic N) is 2. The van der Waals surface area contributed by atoms with Crippen LogP contribution in [-0.4, -0.2) is 29.2 Å². The van der Waals surface area contributed by atoms with Gasteiger partial charge in [0.05, 0.1) is 23.2 Å². The van der Waals surface area contributed by atoms with Crippen LogP contribution < -0.4 is 5.32 Å². The van der Waals surface area contributed by atoms with Gasteiger partial charge in [0.25, 0.3) is 5.69 Å². The fourth-order valence-corrected chi connectivity index (χ4v) is 2.16. The Morgan fingerprint density at radius 2 is 2.44 bits per heavy atom. The topological polar surface area (TPSA) is 77.3 Å². The molecule has 0 amide bonds. The van der Waals surface area contributed by atoms with E-state index >= 15 is 0 Å². The van der Waals surface area contributed by atoms with Gasteiger partial charge in [-0.15, -0.1) is 0 Å². The summed E-state index contributed by atoms with van der Waals surface area (Å²) in [6.45, 7) is 3.45. The second-order valence-electron chi connectivity index (χ2n) is 4.30. The van der Waals surface area contributed by atoms with Crippen molar-refractivity contribution in [3.05, 3.63) is 27.4 Å². The molecule has 0 saturated carbocycles. The van der Waals surface area contributed by atoms with Crippen molar-refractivity contribution >= 4 is 23.1 Å². The van der Waals surface area contributed by atoms with Gasteiger partial charge < -0.3 is 10.1 Å². The molecule has 2 unspecified atom stereocenters. The molecule has 0 radical (unpaired) electrons. The number of pyridine rings is 1. The van der Waals surface area contributed by atoms with Gasteiger partial charge in [-0.1, -0.05) is 11.6 Å². The number of hydrogen-bond donors (Lipinski definition) is 1. The van der Waals surface area contributed by atoms with E-state index in [1.54, 1.807) is 0 Å². The lowest BCUT2D eigenvalue weighted by Crippen LogP contribution is -2.21. The Kier molecular flexibility index (Phi) is 3.98. The third kappa shape index (κ3) is 3.08. The van der Waals surface area contributed by atoms with Crippen molar-refractivity contribution in [2.24, 2.45) is 5.92 Å². The monoisotopic (exact) mass is 271 g/mol. The molecular formula is C11H14ClN3O3. The van der Waals surface area contributed by atoms with E-state index in [1.165, 1.54) is 12.1 Å². The van der Waals surface area contributed by atoms with Gasteiger partial charge >= 0.3 is 0 Å². The van der Waals surface area contributed by atoms with Crippen molar-refractivity contribution in [2.45, 2.75) is 19.4 Å². The van der Waals surface area contributed by atoms with Crippen LogP contribution in [0, 0.1) is 16.0 Å². The number of aromatic nitrogens is 1. The molecule has 1 fully saturated rings. The van der Waals surface area contributed by atoms with Crippen molar-refractivity contribution in [1.82, 2.24) is 4.98 Å². The van der Waals surface area contributed by atoms with Crippen molar-refractivity contribution in [3.8, 4) is 0 Å². The summed E-state index contributed by atoms with van der Waals surface area (Å²) in [5, 5.41) is 13.9. The fourth-order valence-electron chi connectivity index (χ4n) is 1.96. The average molecular weight is 272 g/mol. The Balaban J connectivity index is 2.02. The van der Waals surface area contributed by atoms with Crippen LogP contribution in [0.4, 0.5) is 11.5 Å². The van der Waals surface area contributed by atoms with Gasteiger partial charge in [0.2, 0.25) is 0 Å².